The molecule has 2 atom stereocenters. The number of hydrogen-bond donors (Lipinski definition) is 0. The van der Waals surface area contributed by atoms with E-state index in [9.17, 15) is 0 Å². The second-order valence-electron chi connectivity index (χ2n) is 7.21. The number of ether oxygens (including phenoxy) is 3. The summed E-state index contributed by atoms with van der Waals surface area (Å²) in [6.45, 7) is 1.14. The summed E-state index contributed by atoms with van der Waals surface area (Å²) in [4.78, 5) is 7.49. The van der Waals surface area contributed by atoms with Crippen LogP contribution in [0.3, 0.4) is 0 Å². The standard InChI is InChI=1S/C21H20Cl2N4O4/c1-28-16-8-17(29-2)21(23)19(20(16)22)15-7-11-5-13(25-9-18(11)31-15)6-12-10-30-4-3-14(12)26-27-24/h5,7-9,12,14H,3-4,6,10H2,1-2H3/t12-,14+/m1/s1. The Bertz CT molecular complexity index is 1130. The van der Waals surface area contributed by atoms with E-state index in [1.54, 1.807) is 12.3 Å². The van der Waals surface area contributed by atoms with E-state index in [1.807, 2.05) is 12.1 Å². The lowest BCUT2D eigenvalue weighted by molar-refractivity contribution is 0.0420. The SMILES string of the molecule is COc1cc(OC)c(Cl)c(-c2cc3cc(C[C@@H]4COCC[C@@H]4N=[N+]=[N-])ncc3o2)c1Cl. The van der Waals surface area contributed by atoms with Crippen LogP contribution in [0.25, 0.3) is 32.7 Å². The molecule has 1 aliphatic rings. The molecule has 1 aliphatic heterocycles. The second kappa shape index (κ2) is 9.24. The Labute approximate surface area is 188 Å². The third-order valence-corrected chi connectivity index (χ3v) is 6.14. The molecule has 31 heavy (non-hydrogen) atoms. The lowest BCUT2D eigenvalue weighted by Crippen LogP contribution is -2.32. The summed E-state index contributed by atoms with van der Waals surface area (Å²) in [6.07, 6.45) is 3.01. The minimum atomic E-state index is -0.0991. The van der Waals surface area contributed by atoms with Gasteiger partial charge in [0.05, 0.1) is 42.6 Å². The average molecular weight is 463 g/mol. The van der Waals surface area contributed by atoms with Crippen LogP contribution in [0.1, 0.15) is 12.1 Å². The molecule has 8 nitrogen and oxygen atoms in total. The Hall–Kier alpha value is -2.64. The molecule has 0 N–H and O–H groups in total. The van der Waals surface area contributed by atoms with Crippen molar-refractivity contribution < 1.29 is 18.6 Å². The van der Waals surface area contributed by atoms with Crippen molar-refractivity contribution in [3.63, 3.8) is 0 Å². The minimum Gasteiger partial charge on any atom is -0.495 e. The molecule has 0 aliphatic carbocycles. The van der Waals surface area contributed by atoms with Gasteiger partial charge in [0.2, 0.25) is 0 Å². The maximum atomic E-state index is 8.82. The molecule has 10 heteroatoms. The summed E-state index contributed by atoms with van der Waals surface area (Å²) in [5.74, 6) is 1.42. The zero-order valence-electron chi connectivity index (χ0n) is 17.0. The first-order chi connectivity index (χ1) is 15.0. The second-order valence-corrected chi connectivity index (χ2v) is 7.96. The number of hydrogen-bond acceptors (Lipinski definition) is 6. The normalized spacial score (nSPS) is 18.6. The number of benzene rings is 1. The van der Waals surface area contributed by atoms with Crippen LogP contribution in [0, 0.1) is 5.92 Å². The van der Waals surface area contributed by atoms with Crippen LogP contribution in [0.2, 0.25) is 10.0 Å². The first kappa shape index (κ1) is 21.6. The van der Waals surface area contributed by atoms with E-state index in [2.05, 4.69) is 15.0 Å². The number of pyridine rings is 1. The highest BCUT2D eigenvalue weighted by atomic mass is 35.5. The lowest BCUT2D eigenvalue weighted by atomic mass is 9.91. The number of halogens is 2. The minimum absolute atomic E-state index is 0.0764. The van der Waals surface area contributed by atoms with E-state index in [-0.39, 0.29) is 12.0 Å². The molecule has 1 fully saturated rings. The molecule has 2 aromatic heterocycles. The highest BCUT2D eigenvalue weighted by Gasteiger charge is 2.26. The van der Waals surface area contributed by atoms with Crippen LogP contribution in [0.4, 0.5) is 0 Å². The van der Waals surface area contributed by atoms with E-state index in [0.717, 1.165) is 11.1 Å². The van der Waals surface area contributed by atoms with Crippen molar-refractivity contribution in [1.82, 2.24) is 4.98 Å². The monoisotopic (exact) mass is 462 g/mol. The summed E-state index contributed by atoms with van der Waals surface area (Å²) >= 11 is 13.0. The summed E-state index contributed by atoms with van der Waals surface area (Å²) in [6, 6.07) is 5.33. The molecule has 0 bridgehead atoms. The van der Waals surface area contributed by atoms with Gasteiger partial charge >= 0.3 is 0 Å². The maximum absolute atomic E-state index is 8.82. The molecule has 3 aromatic rings. The Balaban J connectivity index is 1.70. The van der Waals surface area contributed by atoms with Gasteiger partial charge in [-0.3, -0.25) is 4.98 Å². The van der Waals surface area contributed by atoms with Gasteiger partial charge in [-0.05, 0) is 36.4 Å². The summed E-state index contributed by atoms with van der Waals surface area (Å²) in [5.41, 5.74) is 10.8. The highest BCUT2D eigenvalue weighted by molar-refractivity contribution is 6.41. The van der Waals surface area contributed by atoms with Crippen molar-refractivity contribution >= 4 is 34.2 Å². The van der Waals surface area contributed by atoms with E-state index < -0.39 is 0 Å². The predicted octanol–water partition coefficient (Wildman–Crippen LogP) is 6.08. The third-order valence-electron chi connectivity index (χ3n) is 5.39. The van der Waals surface area contributed by atoms with E-state index >= 15 is 0 Å². The fourth-order valence-corrected chi connectivity index (χ4v) is 4.48. The molecule has 0 amide bonds. The van der Waals surface area contributed by atoms with Crippen molar-refractivity contribution in [2.45, 2.75) is 18.9 Å². The molecule has 1 aromatic carbocycles. The van der Waals surface area contributed by atoms with Gasteiger partial charge in [-0.1, -0.05) is 28.3 Å². The van der Waals surface area contributed by atoms with Gasteiger partial charge in [-0.25, -0.2) is 0 Å². The highest BCUT2D eigenvalue weighted by Crippen LogP contribution is 2.47. The Morgan fingerprint density at radius 2 is 1.94 bits per heavy atom. The zero-order valence-corrected chi connectivity index (χ0v) is 18.5. The third kappa shape index (κ3) is 4.25. The zero-order chi connectivity index (χ0) is 22.0. The fraction of sp³-hybridized carbons (Fsp3) is 0.381. The van der Waals surface area contributed by atoms with Gasteiger partial charge < -0.3 is 18.6 Å². The fourth-order valence-electron chi connectivity index (χ4n) is 3.80. The quantitative estimate of drug-likeness (QED) is 0.251. The van der Waals surface area contributed by atoms with Crippen LogP contribution in [0.5, 0.6) is 11.5 Å². The molecule has 4 rings (SSSR count). The van der Waals surface area contributed by atoms with Crippen molar-refractivity contribution in [3.8, 4) is 22.8 Å². The van der Waals surface area contributed by atoms with Crippen molar-refractivity contribution in [3.05, 3.63) is 50.6 Å². The van der Waals surface area contributed by atoms with Gasteiger partial charge in [0.25, 0.3) is 0 Å². The van der Waals surface area contributed by atoms with Gasteiger partial charge in [0, 0.05) is 34.7 Å². The topological polar surface area (TPSA) is 102 Å². The van der Waals surface area contributed by atoms with Gasteiger partial charge in [-0.2, -0.15) is 0 Å². The van der Waals surface area contributed by atoms with E-state index in [4.69, 9.17) is 47.4 Å². The summed E-state index contributed by atoms with van der Waals surface area (Å²) in [5, 5.41) is 5.43. The van der Waals surface area contributed by atoms with E-state index in [0.29, 0.717) is 64.5 Å². The average Bonchev–Trinajstić information content (AvgIpc) is 3.18. The molecule has 3 heterocycles. The Morgan fingerprint density at radius 3 is 2.61 bits per heavy atom. The lowest BCUT2D eigenvalue weighted by Gasteiger charge is -2.27. The molecule has 162 valence electrons. The van der Waals surface area contributed by atoms with E-state index in [1.165, 1.54) is 14.2 Å². The molecule has 1 saturated heterocycles. The number of nitrogens with zero attached hydrogens (tertiary/aromatic N) is 4. The predicted molar refractivity (Wildman–Crippen MR) is 118 cm³/mol. The van der Waals surface area contributed by atoms with Crippen LogP contribution in [-0.4, -0.2) is 38.5 Å². The van der Waals surface area contributed by atoms with Gasteiger partial charge in [0.15, 0.2) is 5.58 Å². The molecule has 0 radical (unpaired) electrons. The Kier molecular flexibility index (Phi) is 6.43. The summed E-state index contributed by atoms with van der Waals surface area (Å²) in [7, 11) is 3.04. The van der Waals surface area contributed by atoms with Crippen LogP contribution in [0.15, 0.2) is 33.9 Å². The largest absolute Gasteiger partial charge is 0.495 e. The van der Waals surface area contributed by atoms with Gasteiger partial charge in [0.1, 0.15) is 17.3 Å². The summed E-state index contributed by atoms with van der Waals surface area (Å²) < 4.78 is 22.2. The van der Waals surface area contributed by atoms with Crippen molar-refractivity contribution in [2.75, 3.05) is 27.4 Å². The number of aromatic nitrogens is 1. The smallest absolute Gasteiger partial charge is 0.153 e. The molecular formula is C21H20Cl2N4O4. The Morgan fingerprint density at radius 1 is 1.19 bits per heavy atom. The van der Waals surface area contributed by atoms with Crippen molar-refractivity contribution in [2.24, 2.45) is 11.0 Å². The number of methoxy groups -OCH3 is 2. The van der Waals surface area contributed by atoms with Crippen molar-refractivity contribution in [1.29, 1.82) is 0 Å². The molecule has 0 spiro atoms. The maximum Gasteiger partial charge on any atom is 0.153 e. The van der Waals surface area contributed by atoms with Crippen LogP contribution < -0.4 is 9.47 Å². The molecular weight excluding hydrogens is 443 g/mol. The molecule has 0 unspecified atom stereocenters. The number of fused-ring (bicyclic) bond motifs is 1. The van der Waals surface area contributed by atoms with Crippen LogP contribution >= 0.6 is 23.2 Å². The molecule has 0 saturated carbocycles. The van der Waals surface area contributed by atoms with Crippen LogP contribution in [-0.2, 0) is 11.2 Å². The number of azide groups is 1. The number of rotatable bonds is 6. The first-order valence-electron chi connectivity index (χ1n) is 9.66. The first-order valence-corrected chi connectivity index (χ1v) is 10.4. The van der Waals surface area contributed by atoms with Gasteiger partial charge in [-0.15, -0.1) is 0 Å². The number of furan rings is 1.